The van der Waals surface area contributed by atoms with Crippen LogP contribution in [0, 0.1) is 17.8 Å². The van der Waals surface area contributed by atoms with Crippen molar-refractivity contribution in [1.29, 1.82) is 0 Å². The predicted molar refractivity (Wildman–Crippen MR) is 50.6 cm³/mol. The number of Topliss-reactive ketones (excluding diaryl/α,β-unsaturated/α-hetero) is 1. The minimum atomic E-state index is -0.137. The summed E-state index contributed by atoms with van der Waals surface area (Å²) >= 11 is 0. The van der Waals surface area contributed by atoms with Gasteiger partial charge < -0.3 is 4.74 Å². The van der Waals surface area contributed by atoms with E-state index in [1.807, 2.05) is 0 Å². The van der Waals surface area contributed by atoms with Crippen LogP contribution in [0.3, 0.4) is 0 Å². The lowest BCUT2D eigenvalue weighted by atomic mass is 10.1. The third kappa shape index (κ3) is 1.56. The summed E-state index contributed by atoms with van der Waals surface area (Å²) in [7, 11) is 0. The van der Waals surface area contributed by atoms with Crippen LogP contribution < -0.4 is 0 Å². The van der Waals surface area contributed by atoms with Gasteiger partial charge in [-0.05, 0) is 18.8 Å². The number of hydrogen-bond donors (Lipinski definition) is 0. The van der Waals surface area contributed by atoms with Crippen molar-refractivity contribution in [2.24, 2.45) is 17.8 Å². The van der Waals surface area contributed by atoms with E-state index in [1.54, 1.807) is 0 Å². The van der Waals surface area contributed by atoms with Gasteiger partial charge in [-0.15, -0.1) is 0 Å². The van der Waals surface area contributed by atoms with E-state index in [9.17, 15) is 9.59 Å². The van der Waals surface area contributed by atoms with Gasteiger partial charge in [-0.25, -0.2) is 0 Å². The highest BCUT2D eigenvalue weighted by molar-refractivity contribution is 5.94. The van der Waals surface area contributed by atoms with Crippen LogP contribution in [-0.2, 0) is 14.3 Å². The van der Waals surface area contributed by atoms with Gasteiger partial charge in [-0.1, -0.05) is 13.3 Å². The van der Waals surface area contributed by atoms with Crippen molar-refractivity contribution in [3.8, 4) is 0 Å². The molecule has 78 valence electrons. The van der Waals surface area contributed by atoms with Gasteiger partial charge in [-0.2, -0.15) is 0 Å². The van der Waals surface area contributed by atoms with Gasteiger partial charge in [0.1, 0.15) is 5.78 Å². The Morgan fingerprint density at radius 3 is 2.93 bits per heavy atom. The maximum atomic E-state index is 11.5. The first-order valence-corrected chi connectivity index (χ1v) is 5.45. The Hall–Kier alpha value is -0.860. The van der Waals surface area contributed by atoms with Crippen molar-refractivity contribution in [2.45, 2.75) is 32.6 Å². The van der Waals surface area contributed by atoms with E-state index < -0.39 is 0 Å². The fourth-order valence-electron chi connectivity index (χ4n) is 2.38. The van der Waals surface area contributed by atoms with Gasteiger partial charge in [0.15, 0.2) is 0 Å². The summed E-state index contributed by atoms with van der Waals surface area (Å²) in [6.07, 6.45) is 3.52. The highest BCUT2D eigenvalue weighted by atomic mass is 16.5. The van der Waals surface area contributed by atoms with Crippen LogP contribution in [-0.4, -0.2) is 18.4 Å². The van der Waals surface area contributed by atoms with E-state index in [0.717, 1.165) is 19.3 Å². The maximum Gasteiger partial charge on any atom is 0.309 e. The minimum absolute atomic E-state index is 0.0316. The number of ether oxygens (including phenoxy) is 1. The molecule has 0 unspecified atom stereocenters. The van der Waals surface area contributed by atoms with E-state index in [2.05, 4.69) is 6.92 Å². The Balaban J connectivity index is 1.76. The molecule has 3 nitrogen and oxygen atoms in total. The molecule has 0 aromatic carbocycles. The van der Waals surface area contributed by atoms with Crippen molar-refractivity contribution >= 4 is 11.8 Å². The van der Waals surface area contributed by atoms with Crippen LogP contribution in [0.1, 0.15) is 32.6 Å². The summed E-state index contributed by atoms with van der Waals surface area (Å²) in [6, 6.07) is 0. The van der Waals surface area contributed by atoms with E-state index in [1.165, 1.54) is 0 Å². The van der Waals surface area contributed by atoms with Crippen LogP contribution in [0.2, 0.25) is 0 Å². The number of esters is 1. The first-order valence-electron chi connectivity index (χ1n) is 5.45. The fourth-order valence-corrected chi connectivity index (χ4v) is 2.38. The van der Waals surface area contributed by atoms with Gasteiger partial charge >= 0.3 is 5.97 Å². The van der Waals surface area contributed by atoms with E-state index in [-0.39, 0.29) is 23.6 Å². The van der Waals surface area contributed by atoms with Crippen LogP contribution in [0.25, 0.3) is 0 Å². The zero-order chi connectivity index (χ0) is 10.1. The summed E-state index contributed by atoms with van der Waals surface area (Å²) in [6.45, 7) is 2.57. The number of unbranched alkanes of at least 4 members (excludes halogenated alkanes) is 1. The number of fused-ring (bicyclic) bond motifs is 1. The first-order chi connectivity index (χ1) is 6.75. The molecule has 2 aliphatic rings. The molecule has 0 aromatic rings. The molecule has 3 heteroatoms. The quantitative estimate of drug-likeness (QED) is 0.506. The molecule has 2 aliphatic carbocycles. The predicted octanol–water partition coefficient (Wildman–Crippen LogP) is 1.55. The largest absolute Gasteiger partial charge is 0.465 e. The van der Waals surface area contributed by atoms with Crippen LogP contribution in [0.5, 0.6) is 0 Å². The number of carbonyl (C=O) groups is 2. The Morgan fingerprint density at radius 1 is 1.57 bits per heavy atom. The number of carbonyl (C=O) groups excluding carboxylic acids is 2. The molecular formula is C11H16O3. The first kappa shape index (κ1) is 9.69. The number of rotatable bonds is 4. The zero-order valence-corrected chi connectivity index (χ0v) is 8.49. The second-order valence-electron chi connectivity index (χ2n) is 4.24. The molecule has 0 aromatic heterocycles. The summed E-state index contributed by atoms with van der Waals surface area (Å²) in [5.41, 5.74) is 0. The highest BCUT2D eigenvalue weighted by Gasteiger charge is 2.62. The summed E-state index contributed by atoms with van der Waals surface area (Å²) < 4.78 is 5.10. The SMILES string of the molecule is CCCCOC(=O)[C@H]1[C@@H]2CCC(=O)[C@@H]21. The van der Waals surface area contributed by atoms with Gasteiger partial charge in [0.05, 0.1) is 12.5 Å². The Kier molecular flexibility index (Phi) is 2.57. The van der Waals surface area contributed by atoms with Crippen LogP contribution in [0.4, 0.5) is 0 Å². The van der Waals surface area contributed by atoms with Crippen molar-refractivity contribution < 1.29 is 14.3 Å². The highest BCUT2D eigenvalue weighted by Crippen LogP contribution is 2.55. The average molecular weight is 196 g/mol. The zero-order valence-electron chi connectivity index (χ0n) is 8.49. The van der Waals surface area contributed by atoms with Crippen molar-refractivity contribution in [1.82, 2.24) is 0 Å². The van der Waals surface area contributed by atoms with Gasteiger partial charge in [0, 0.05) is 12.3 Å². The van der Waals surface area contributed by atoms with E-state index in [4.69, 9.17) is 4.74 Å². The minimum Gasteiger partial charge on any atom is -0.465 e. The van der Waals surface area contributed by atoms with Crippen LogP contribution >= 0.6 is 0 Å². The molecule has 0 aliphatic heterocycles. The fraction of sp³-hybridized carbons (Fsp3) is 0.818. The number of hydrogen-bond acceptors (Lipinski definition) is 3. The van der Waals surface area contributed by atoms with Gasteiger partial charge in [0.25, 0.3) is 0 Å². The van der Waals surface area contributed by atoms with E-state index in [0.29, 0.717) is 18.9 Å². The summed E-state index contributed by atoms with van der Waals surface area (Å²) in [5.74, 6) is 0.419. The Bertz CT molecular complexity index is 259. The smallest absolute Gasteiger partial charge is 0.309 e. The molecule has 2 fully saturated rings. The van der Waals surface area contributed by atoms with E-state index >= 15 is 0 Å². The lowest BCUT2D eigenvalue weighted by molar-refractivity contribution is -0.147. The summed E-state index contributed by atoms with van der Waals surface area (Å²) in [4.78, 5) is 22.7. The second-order valence-corrected chi connectivity index (χ2v) is 4.24. The third-order valence-electron chi connectivity index (χ3n) is 3.28. The maximum absolute atomic E-state index is 11.5. The molecule has 3 atom stereocenters. The van der Waals surface area contributed by atoms with Gasteiger partial charge in [0.2, 0.25) is 0 Å². The molecule has 0 N–H and O–H groups in total. The monoisotopic (exact) mass is 196 g/mol. The lowest BCUT2D eigenvalue weighted by Gasteiger charge is -2.04. The Labute approximate surface area is 83.8 Å². The molecule has 0 spiro atoms. The molecule has 0 bridgehead atoms. The molecule has 0 saturated heterocycles. The third-order valence-corrected chi connectivity index (χ3v) is 3.28. The van der Waals surface area contributed by atoms with Crippen molar-refractivity contribution in [3.05, 3.63) is 0 Å². The van der Waals surface area contributed by atoms with Crippen molar-refractivity contribution in [2.75, 3.05) is 6.61 Å². The summed E-state index contributed by atoms with van der Waals surface area (Å²) in [5, 5.41) is 0. The Morgan fingerprint density at radius 2 is 2.36 bits per heavy atom. The molecule has 0 amide bonds. The van der Waals surface area contributed by atoms with Gasteiger partial charge in [-0.3, -0.25) is 9.59 Å². The molecule has 2 saturated carbocycles. The molecule has 2 rings (SSSR count). The molecule has 0 radical (unpaired) electrons. The lowest BCUT2D eigenvalue weighted by Crippen LogP contribution is -2.13. The normalized spacial score (nSPS) is 34.1. The molecule has 0 heterocycles. The second kappa shape index (κ2) is 3.71. The molecular weight excluding hydrogens is 180 g/mol. The topological polar surface area (TPSA) is 43.4 Å². The number of ketones is 1. The standard InChI is InChI=1S/C11H16O3/c1-2-3-6-14-11(13)10-7-4-5-8(12)9(7)10/h7,9-10H,2-6H2,1H3/t7-,9-,10+/m1/s1. The van der Waals surface area contributed by atoms with Crippen LogP contribution in [0.15, 0.2) is 0 Å². The average Bonchev–Trinajstić information content (AvgIpc) is 2.79. The van der Waals surface area contributed by atoms with Crippen molar-refractivity contribution in [3.63, 3.8) is 0 Å². The molecule has 14 heavy (non-hydrogen) atoms.